The van der Waals surface area contributed by atoms with Gasteiger partial charge in [0, 0.05) is 0 Å². The van der Waals surface area contributed by atoms with Crippen molar-refractivity contribution >= 4 is 0 Å². The summed E-state index contributed by atoms with van der Waals surface area (Å²) in [4.78, 5) is 0. The Morgan fingerprint density at radius 1 is 0.933 bits per heavy atom. The van der Waals surface area contributed by atoms with Crippen molar-refractivity contribution in [1.82, 2.24) is 0 Å². The van der Waals surface area contributed by atoms with Gasteiger partial charge in [0.05, 0.1) is 12.7 Å². The highest BCUT2D eigenvalue weighted by Gasteiger charge is 2.47. The van der Waals surface area contributed by atoms with Gasteiger partial charge in [-0.1, -0.05) is 37.6 Å². The lowest BCUT2D eigenvalue weighted by atomic mass is 9.82. The highest BCUT2D eigenvalue weighted by atomic mass is 19.1. The predicted octanol–water partition coefficient (Wildman–Crippen LogP) is 6.56. The van der Waals surface area contributed by atoms with Crippen molar-refractivity contribution in [2.45, 2.75) is 69.5 Å². The Labute approximate surface area is 177 Å². The third-order valence-corrected chi connectivity index (χ3v) is 7.71. The number of fused-ring (bicyclic) bond motifs is 1. The average Bonchev–Trinajstić information content (AvgIpc) is 3.38. The summed E-state index contributed by atoms with van der Waals surface area (Å²) < 4.78 is 35.1. The summed E-state index contributed by atoms with van der Waals surface area (Å²) in [6.07, 6.45) is 4.95. The van der Waals surface area contributed by atoms with Gasteiger partial charge in [-0.15, -0.1) is 0 Å². The van der Waals surface area contributed by atoms with Crippen LogP contribution in [0.5, 0.6) is 0 Å². The smallest absolute Gasteiger partial charge is 0.127 e. The monoisotopic (exact) mass is 412 g/mol. The summed E-state index contributed by atoms with van der Waals surface area (Å²) >= 11 is 0. The van der Waals surface area contributed by atoms with Crippen LogP contribution in [0.4, 0.5) is 8.78 Å². The van der Waals surface area contributed by atoms with E-state index in [9.17, 15) is 13.9 Å². The average molecular weight is 413 g/mol. The second-order valence-corrected chi connectivity index (χ2v) is 9.38. The second kappa shape index (κ2) is 8.05. The van der Waals surface area contributed by atoms with Crippen LogP contribution in [0.15, 0.2) is 36.4 Å². The van der Waals surface area contributed by atoms with E-state index in [-0.39, 0.29) is 29.6 Å². The first kappa shape index (κ1) is 20.1. The minimum Gasteiger partial charge on any atom is -0.388 e. The molecule has 0 amide bonds. The molecule has 160 valence electrons. The van der Waals surface area contributed by atoms with Crippen LogP contribution >= 0.6 is 0 Å². The molecule has 4 heteroatoms. The van der Waals surface area contributed by atoms with E-state index in [4.69, 9.17) is 4.74 Å². The first-order chi connectivity index (χ1) is 14.6. The van der Waals surface area contributed by atoms with E-state index < -0.39 is 6.10 Å². The molecule has 1 aliphatic heterocycles. The fourth-order valence-corrected chi connectivity index (χ4v) is 6.15. The lowest BCUT2D eigenvalue weighted by Gasteiger charge is -2.23. The Morgan fingerprint density at radius 3 is 2.07 bits per heavy atom. The van der Waals surface area contributed by atoms with Crippen molar-refractivity contribution in [3.8, 4) is 0 Å². The Morgan fingerprint density at radius 2 is 1.53 bits per heavy atom. The third kappa shape index (κ3) is 3.58. The number of halogens is 2. The van der Waals surface area contributed by atoms with Crippen LogP contribution in [0.2, 0.25) is 0 Å². The molecule has 2 nitrogen and oxygen atoms in total. The van der Waals surface area contributed by atoms with Crippen molar-refractivity contribution in [2.75, 3.05) is 6.61 Å². The van der Waals surface area contributed by atoms with Gasteiger partial charge in [-0.3, -0.25) is 0 Å². The molecule has 1 heterocycles. The number of benzene rings is 2. The number of hydrogen-bond acceptors (Lipinski definition) is 2. The van der Waals surface area contributed by atoms with Crippen molar-refractivity contribution in [3.05, 3.63) is 70.3 Å². The molecule has 2 aliphatic carbocycles. The molecule has 0 spiro atoms. The Hall–Kier alpha value is -1.78. The molecule has 3 fully saturated rings. The summed E-state index contributed by atoms with van der Waals surface area (Å²) in [5, 5.41) is 10.2. The normalized spacial score (nSPS) is 31.0. The Kier molecular flexibility index (Phi) is 5.40. The van der Waals surface area contributed by atoms with Crippen molar-refractivity contribution in [1.29, 1.82) is 0 Å². The van der Waals surface area contributed by atoms with Crippen LogP contribution in [0.25, 0.3) is 0 Å². The van der Waals surface area contributed by atoms with E-state index >= 15 is 0 Å². The van der Waals surface area contributed by atoms with Crippen LogP contribution in [-0.2, 0) is 4.74 Å². The maximum atomic E-state index is 15.0. The number of hydrogen-bond donors (Lipinski definition) is 1. The SMILES string of the molecule is CCCC(O)c1ccc(C2CCC3C(c4ccc(C5CO5)cc4F)CCC23)c(F)c1. The number of rotatable bonds is 6. The fourth-order valence-electron chi connectivity index (χ4n) is 6.15. The molecule has 2 aromatic rings. The molecule has 30 heavy (non-hydrogen) atoms. The zero-order valence-corrected chi connectivity index (χ0v) is 17.5. The molecule has 0 radical (unpaired) electrons. The molecule has 3 aliphatic rings. The van der Waals surface area contributed by atoms with Gasteiger partial charge in [-0.25, -0.2) is 8.78 Å². The van der Waals surface area contributed by atoms with Gasteiger partial charge in [0.2, 0.25) is 0 Å². The van der Waals surface area contributed by atoms with Crippen molar-refractivity contribution in [3.63, 3.8) is 0 Å². The van der Waals surface area contributed by atoms with Gasteiger partial charge < -0.3 is 9.84 Å². The molecule has 6 unspecified atom stereocenters. The molecule has 0 aromatic heterocycles. The standard InChI is InChI=1S/C26H30F2O2/c1-2-3-25(29)15-4-6-21(23(27)12-15)19-10-8-18-17(19)9-11-20(18)22-7-5-16(13-24(22)28)26-14-30-26/h4-7,12-13,17-20,25-26,29H,2-3,8-11,14H2,1H3. The van der Waals surface area contributed by atoms with Gasteiger partial charge >= 0.3 is 0 Å². The summed E-state index contributed by atoms with van der Waals surface area (Å²) in [6, 6.07) is 10.9. The summed E-state index contributed by atoms with van der Waals surface area (Å²) in [7, 11) is 0. The first-order valence-electron chi connectivity index (χ1n) is 11.4. The summed E-state index contributed by atoms with van der Waals surface area (Å²) in [6.45, 7) is 2.70. The van der Waals surface area contributed by atoms with E-state index in [0.29, 0.717) is 30.4 Å². The lowest BCUT2D eigenvalue weighted by molar-refractivity contribution is 0.166. The molecule has 0 bridgehead atoms. The van der Waals surface area contributed by atoms with Crippen LogP contribution in [0.3, 0.4) is 0 Å². The molecule has 6 atom stereocenters. The molecule has 1 saturated heterocycles. The quantitative estimate of drug-likeness (QED) is 0.545. The number of aliphatic hydroxyl groups is 1. The molecular weight excluding hydrogens is 382 g/mol. The molecule has 2 aromatic carbocycles. The van der Waals surface area contributed by atoms with Gasteiger partial charge in [0.1, 0.15) is 17.7 Å². The van der Waals surface area contributed by atoms with E-state index in [2.05, 4.69) is 0 Å². The van der Waals surface area contributed by atoms with Crippen LogP contribution < -0.4 is 0 Å². The third-order valence-electron chi connectivity index (χ3n) is 7.71. The lowest BCUT2D eigenvalue weighted by Crippen LogP contribution is -2.13. The fraction of sp³-hybridized carbons (Fsp3) is 0.538. The molecule has 5 rings (SSSR count). The summed E-state index contributed by atoms with van der Waals surface area (Å²) in [5.74, 6) is 0.927. The van der Waals surface area contributed by atoms with Crippen LogP contribution in [0.1, 0.15) is 91.7 Å². The van der Waals surface area contributed by atoms with Gasteiger partial charge in [0.25, 0.3) is 0 Å². The topological polar surface area (TPSA) is 32.8 Å². The Balaban J connectivity index is 1.34. The van der Waals surface area contributed by atoms with E-state index in [1.807, 2.05) is 31.2 Å². The molecule has 2 saturated carbocycles. The van der Waals surface area contributed by atoms with Gasteiger partial charge in [-0.2, -0.15) is 0 Å². The minimum absolute atomic E-state index is 0.0718. The highest BCUT2D eigenvalue weighted by molar-refractivity contribution is 5.34. The van der Waals surface area contributed by atoms with Crippen LogP contribution in [-0.4, -0.2) is 11.7 Å². The van der Waals surface area contributed by atoms with Crippen LogP contribution in [0, 0.1) is 23.5 Å². The maximum absolute atomic E-state index is 15.0. The number of epoxide rings is 1. The minimum atomic E-state index is -0.599. The van der Waals surface area contributed by atoms with Gasteiger partial charge in [-0.05, 0) is 90.2 Å². The largest absolute Gasteiger partial charge is 0.388 e. The number of ether oxygens (including phenoxy) is 1. The molecular formula is C26H30F2O2. The van der Waals surface area contributed by atoms with E-state index in [0.717, 1.165) is 48.8 Å². The Bertz CT molecular complexity index is 923. The zero-order valence-electron chi connectivity index (χ0n) is 17.5. The first-order valence-corrected chi connectivity index (χ1v) is 11.4. The second-order valence-electron chi connectivity index (χ2n) is 9.38. The molecule has 1 N–H and O–H groups in total. The zero-order chi connectivity index (χ0) is 20.8. The van der Waals surface area contributed by atoms with Gasteiger partial charge in [0.15, 0.2) is 0 Å². The van der Waals surface area contributed by atoms with E-state index in [1.54, 1.807) is 6.07 Å². The van der Waals surface area contributed by atoms with E-state index in [1.165, 1.54) is 6.07 Å². The van der Waals surface area contributed by atoms with Crippen molar-refractivity contribution < 1.29 is 18.6 Å². The maximum Gasteiger partial charge on any atom is 0.127 e. The predicted molar refractivity (Wildman–Crippen MR) is 112 cm³/mol. The highest BCUT2D eigenvalue weighted by Crippen LogP contribution is 2.58. The van der Waals surface area contributed by atoms with Crippen molar-refractivity contribution in [2.24, 2.45) is 11.8 Å². The number of aliphatic hydroxyl groups excluding tert-OH is 1. The summed E-state index contributed by atoms with van der Waals surface area (Å²) in [5.41, 5.74) is 3.20.